The number of hydrogen-bond acceptors (Lipinski definition) is 3. The van der Waals surface area contributed by atoms with Crippen molar-refractivity contribution in [1.29, 1.82) is 0 Å². The van der Waals surface area contributed by atoms with Crippen molar-refractivity contribution in [3.63, 3.8) is 0 Å². The predicted octanol–water partition coefficient (Wildman–Crippen LogP) is 4.23. The lowest BCUT2D eigenvalue weighted by Gasteiger charge is -2.00. The Kier molecular flexibility index (Phi) is 3.24. The van der Waals surface area contributed by atoms with Crippen LogP contribution in [0.2, 0.25) is 0 Å². The first kappa shape index (κ1) is 15.3. The van der Waals surface area contributed by atoms with Gasteiger partial charge in [-0.2, -0.15) is 0 Å². The van der Waals surface area contributed by atoms with Gasteiger partial charge < -0.3 is 0 Å². The molecule has 0 aliphatic rings. The fourth-order valence-corrected chi connectivity index (χ4v) is 4.60. The summed E-state index contributed by atoms with van der Waals surface area (Å²) in [7, 11) is 0. The third kappa shape index (κ3) is 2.19. The van der Waals surface area contributed by atoms with Gasteiger partial charge in [0.25, 0.3) is 5.56 Å². The molecular weight excluding hydrogens is 340 g/mol. The summed E-state index contributed by atoms with van der Waals surface area (Å²) in [5, 5.41) is 2.32. The average molecular weight is 356 g/mol. The first-order chi connectivity index (χ1) is 12.6. The number of nitrogens with zero attached hydrogens (tertiary/aromatic N) is 2. The quantitative estimate of drug-likeness (QED) is 0.450. The van der Waals surface area contributed by atoms with Crippen molar-refractivity contribution in [3.05, 3.63) is 86.2 Å². The van der Waals surface area contributed by atoms with E-state index in [2.05, 4.69) is 30.3 Å². The Balaban J connectivity index is 1.84. The zero-order chi connectivity index (χ0) is 17.8. The minimum atomic E-state index is 0.00503. The minimum Gasteiger partial charge on any atom is -0.267 e. The Bertz CT molecular complexity index is 1420. The van der Waals surface area contributed by atoms with Crippen LogP contribution in [0, 0.1) is 13.8 Å². The zero-order valence-corrected chi connectivity index (χ0v) is 15.3. The van der Waals surface area contributed by atoms with Crippen LogP contribution in [0.25, 0.3) is 32.8 Å². The van der Waals surface area contributed by atoms with Crippen molar-refractivity contribution in [2.45, 2.75) is 13.8 Å². The topological polar surface area (TPSA) is 34.4 Å². The molecule has 0 amide bonds. The highest BCUT2D eigenvalue weighted by Gasteiger charge is 2.13. The molecule has 3 nitrogen and oxygen atoms in total. The van der Waals surface area contributed by atoms with Gasteiger partial charge >= 0.3 is 0 Å². The molecule has 0 spiro atoms. The lowest BCUT2D eigenvalue weighted by molar-refractivity contribution is 1.19. The predicted molar refractivity (Wildman–Crippen MR) is 109 cm³/mol. The first-order valence-electron chi connectivity index (χ1n) is 8.53. The molecule has 0 saturated heterocycles. The number of thiazole rings is 1. The van der Waals surface area contributed by atoms with Crippen LogP contribution in [0.15, 0.2) is 59.4 Å². The largest absolute Gasteiger partial charge is 0.274 e. The van der Waals surface area contributed by atoms with Crippen LogP contribution in [0.4, 0.5) is 0 Å². The number of aryl methyl sites for hydroxylation is 2. The summed E-state index contributed by atoms with van der Waals surface area (Å²) in [6.07, 6.45) is 1.98. The first-order valence-corrected chi connectivity index (χ1v) is 9.35. The van der Waals surface area contributed by atoms with Crippen LogP contribution in [0.3, 0.4) is 0 Å². The fraction of sp³-hybridized carbons (Fsp3) is 0.0909. The standard InChI is InChI=1S/C22H16N2OS/c1-13-10-14(2)20-18(11-13)24-21(25)19(26-22(24)23-20)12-16-8-5-7-15-6-3-4-9-17(15)16/h3-12H,1-2H3/b19-12-. The second kappa shape index (κ2) is 5.51. The van der Waals surface area contributed by atoms with Crippen LogP contribution in [0.5, 0.6) is 0 Å². The molecule has 0 radical (unpaired) electrons. The average Bonchev–Trinajstić information content (AvgIpc) is 3.13. The van der Waals surface area contributed by atoms with Gasteiger partial charge in [0, 0.05) is 0 Å². The maximum absolute atomic E-state index is 13.1. The van der Waals surface area contributed by atoms with E-state index in [0.717, 1.165) is 38.1 Å². The molecule has 0 N–H and O–H groups in total. The lowest BCUT2D eigenvalue weighted by Crippen LogP contribution is -2.22. The number of imidazole rings is 1. The molecule has 5 aromatic rings. The summed E-state index contributed by atoms with van der Waals surface area (Å²) >= 11 is 1.45. The van der Waals surface area contributed by atoms with E-state index in [9.17, 15) is 4.79 Å². The van der Waals surface area contributed by atoms with Crippen molar-refractivity contribution in [2.75, 3.05) is 0 Å². The van der Waals surface area contributed by atoms with Gasteiger partial charge in [0.2, 0.25) is 0 Å². The van der Waals surface area contributed by atoms with Gasteiger partial charge in [-0.15, -0.1) is 0 Å². The van der Waals surface area contributed by atoms with Crippen LogP contribution in [0.1, 0.15) is 16.7 Å². The summed E-state index contributed by atoms with van der Waals surface area (Å²) in [6, 6.07) is 18.5. The van der Waals surface area contributed by atoms with Gasteiger partial charge in [-0.1, -0.05) is 59.9 Å². The van der Waals surface area contributed by atoms with E-state index in [1.54, 1.807) is 4.40 Å². The molecule has 0 atom stereocenters. The van der Waals surface area contributed by atoms with E-state index >= 15 is 0 Å². The summed E-state index contributed by atoms with van der Waals surface area (Å²) in [6.45, 7) is 4.09. The van der Waals surface area contributed by atoms with Gasteiger partial charge in [0.15, 0.2) is 4.96 Å². The Morgan fingerprint density at radius 1 is 1.04 bits per heavy atom. The number of hydrogen-bond donors (Lipinski definition) is 0. The van der Waals surface area contributed by atoms with Gasteiger partial charge in [-0.25, -0.2) is 9.38 Å². The van der Waals surface area contributed by atoms with E-state index in [0.29, 0.717) is 4.53 Å². The van der Waals surface area contributed by atoms with Crippen LogP contribution >= 0.6 is 11.3 Å². The Labute approximate surface area is 153 Å². The van der Waals surface area contributed by atoms with Crippen molar-refractivity contribution in [3.8, 4) is 0 Å². The monoisotopic (exact) mass is 356 g/mol. The Morgan fingerprint density at radius 2 is 1.85 bits per heavy atom. The zero-order valence-electron chi connectivity index (χ0n) is 14.5. The summed E-state index contributed by atoms with van der Waals surface area (Å²) < 4.78 is 2.46. The summed E-state index contributed by atoms with van der Waals surface area (Å²) in [5.74, 6) is 0. The molecule has 26 heavy (non-hydrogen) atoms. The molecule has 0 aliphatic heterocycles. The summed E-state index contributed by atoms with van der Waals surface area (Å²) in [4.78, 5) is 18.5. The van der Waals surface area contributed by atoms with Crippen LogP contribution < -0.4 is 10.1 Å². The highest BCUT2D eigenvalue weighted by molar-refractivity contribution is 7.15. The summed E-state index contributed by atoms with van der Waals surface area (Å²) in [5.41, 5.74) is 5.12. The molecule has 126 valence electrons. The van der Waals surface area contributed by atoms with Crippen LogP contribution in [-0.2, 0) is 0 Å². The van der Waals surface area contributed by atoms with Gasteiger partial charge in [0.1, 0.15) is 0 Å². The van der Waals surface area contributed by atoms with Crippen molar-refractivity contribution >= 4 is 44.2 Å². The van der Waals surface area contributed by atoms with E-state index in [1.165, 1.54) is 16.7 Å². The number of aromatic nitrogens is 2. The van der Waals surface area contributed by atoms with Gasteiger partial charge in [0.05, 0.1) is 15.6 Å². The third-order valence-electron chi connectivity index (χ3n) is 4.79. The Hall–Kier alpha value is -2.98. The van der Waals surface area contributed by atoms with Crippen molar-refractivity contribution < 1.29 is 0 Å². The van der Waals surface area contributed by atoms with Gasteiger partial charge in [-0.3, -0.25) is 4.79 Å². The molecule has 0 fully saturated rings. The smallest absolute Gasteiger partial charge is 0.267 e. The molecule has 0 saturated carbocycles. The van der Waals surface area contributed by atoms with Crippen molar-refractivity contribution in [2.24, 2.45) is 0 Å². The Morgan fingerprint density at radius 3 is 2.73 bits per heavy atom. The normalized spacial score (nSPS) is 12.6. The molecule has 2 heterocycles. The number of rotatable bonds is 1. The maximum Gasteiger partial charge on any atom is 0.274 e. The van der Waals surface area contributed by atoms with Crippen LogP contribution in [-0.4, -0.2) is 9.38 Å². The maximum atomic E-state index is 13.1. The van der Waals surface area contributed by atoms with E-state index in [4.69, 9.17) is 4.98 Å². The van der Waals surface area contributed by atoms with E-state index in [-0.39, 0.29) is 5.56 Å². The minimum absolute atomic E-state index is 0.00503. The molecular formula is C22H16N2OS. The molecule has 0 bridgehead atoms. The van der Waals surface area contributed by atoms with E-state index < -0.39 is 0 Å². The van der Waals surface area contributed by atoms with Gasteiger partial charge in [-0.05, 0) is 53.5 Å². The SMILES string of the molecule is Cc1cc(C)c2nc3s/c(=C\c4cccc5ccccc45)c(=O)n3c2c1. The lowest BCUT2D eigenvalue weighted by atomic mass is 10.0. The highest BCUT2D eigenvalue weighted by atomic mass is 32.1. The highest BCUT2D eigenvalue weighted by Crippen LogP contribution is 2.22. The molecule has 5 rings (SSSR count). The molecule has 3 aromatic carbocycles. The van der Waals surface area contributed by atoms with Crippen molar-refractivity contribution in [1.82, 2.24) is 9.38 Å². The second-order valence-electron chi connectivity index (χ2n) is 6.66. The number of fused-ring (bicyclic) bond motifs is 4. The van der Waals surface area contributed by atoms with E-state index in [1.807, 2.05) is 44.2 Å². The second-order valence-corrected chi connectivity index (χ2v) is 7.67. The molecule has 2 aromatic heterocycles. The fourth-order valence-electron chi connectivity index (χ4n) is 3.63. The number of benzene rings is 3. The molecule has 0 unspecified atom stereocenters. The molecule has 0 aliphatic carbocycles. The molecule has 4 heteroatoms. The third-order valence-corrected chi connectivity index (χ3v) is 5.76.